The molecule has 0 N–H and O–H groups in total. The average Bonchev–Trinajstić information content (AvgIpc) is 2.16. The number of ether oxygens (including phenoxy) is 2. The van der Waals surface area contributed by atoms with Gasteiger partial charge in [0, 0.05) is 10.0 Å². The third-order valence-electron chi connectivity index (χ3n) is 1.74. The summed E-state index contributed by atoms with van der Waals surface area (Å²) in [4.78, 5) is 0. The lowest BCUT2D eigenvalue weighted by Gasteiger charge is -2.10. The van der Waals surface area contributed by atoms with E-state index in [-0.39, 0.29) is 5.56 Å². The molecular formula is C9H9BrF2O2. The van der Waals surface area contributed by atoms with Crippen molar-refractivity contribution in [2.24, 2.45) is 0 Å². The lowest BCUT2D eigenvalue weighted by Crippen LogP contribution is -1.94. The van der Waals surface area contributed by atoms with Gasteiger partial charge < -0.3 is 9.47 Å². The first-order valence-electron chi connectivity index (χ1n) is 3.79. The Bertz CT molecular complexity index is 329. The van der Waals surface area contributed by atoms with Crippen LogP contribution in [0.25, 0.3) is 0 Å². The van der Waals surface area contributed by atoms with Crippen molar-refractivity contribution >= 4 is 15.9 Å². The van der Waals surface area contributed by atoms with E-state index in [1.807, 2.05) is 0 Å². The lowest BCUT2D eigenvalue weighted by molar-refractivity contribution is 0.150. The fourth-order valence-electron chi connectivity index (χ4n) is 1.04. The summed E-state index contributed by atoms with van der Waals surface area (Å²) in [6.45, 7) is 0. The van der Waals surface area contributed by atoms with Gasteiger partial charge in [-0.05, 0) is 12.1 Å². The van der Waals surface area contributed by atoms with Gasteiger partial charge in [-0.15, -0.1) is 0 Å². The SMILES string of the molecule is COc1cc(Br)c(C(F)F)cc1OC. The largest absolute Gasteiger partial charge is 0.493 e. The Labute approximate surface area is 89.0 Å². The molecule has 0 amide bonds. The van der Waals surface area contributed by atoms with Crippen LogP contribution < -0.4 is 9.47 Å². The molecule has 0 fully saturated rings. The van der Waals surface area contributed by atoms with Crippen molar-refractivity contribution in [3.8, 4) is 11.5 Å². The van der Waals surface area contributed by atoms with E-state index in [0.717, 1.165) is 0 Å². The van der Waals surface area contributed by atoms with Crippen molar-refractivity contribution in [3.63, 3.8) is 0 Å². The van der Waals surface area contributed by atoms with E-state index in [4.69, 9.17) is 9.47 Å². The standard InChI is InChI=1S/C9H9BrF2O2/c1-13-7-3-5(9(11)12)6(10)4-8(7)14-2/h3-4,9H,1-2H3. The minimum atomic E-state index is -2.54. The topological polar surface area (TPSA) is 18.5 Å². The van der Waals surface area contributed by atoms with E-state index in [1.165, 1.54) is 26.4 Å². The molecule has 1 rings (SSSR count). The van der Waals surface area contributed by atoms with Gasteiger partial charge in [-0.25, -0.2) is 8.78 Å². The number of rotatable bonds is 3. The van der Waals surface area contributed by atoms with Gasteiger partial charge in [0.05, 0.1) is 14.2 Å². The molecule has 14 heavy (non-hydrogen) atoms. The molecule has 0 spiro atoms. The van der Waals surface area contributed by atoms with E-state index in [1.54, 1.807) is 0 Å². The minimum absolute atomic E-state index is 0.109. The second-order valence-electron chi connectivity index (χ2n) is 2.53. The second kappa shape index (κ2) is 4.59. The normalized spacial score (nSPS) is 10.4. The number of benzene rings is 1. The Morgan fingerprint density at radius 3 is 2.07 bits per heavy atom. The predicted molar refractivity (Wildman–Crippen MR) is 52.2 cm³/mol. The zero-order valence-electron chi connectivity index (χ0n) is 7.68. The Morgan fingerprint density at radius 1 is 1.14 bits per heavy atom. The van der Waals surface area contributed by atoms with Crippen LogP contribution in [0.1, 0.15) is 12.0 Å². The van der Waals surface area contributed by atoms with E-state index in [9.17, 15) is 8.78 Å². The van der Waals surface area contributed by atoms with Crippen LogP contribution >= 0.6 is 15.9 Å². The molecule has 0 aromatic heterocycles. The fraction of sp³-hybridized carbons (Fsp3) is 0.333. The first kappa shape index (κ1) is 11.2. The van der Waals surface area contributed by atoms with Gasteiger partial charge >= 0.3 is 0 Å². The van der Waals surface area contributed by atoms with Gasteiger partial charge in [0.1, 0.15) is 0 Å². The third kappa shape index (κ3) is 2.15. The van der Waals surface area contributed by atoms with Gasteiger partial charge in [-0.1, -0.05) is 15.9 Å². The molecule has 0 aliphatic heterocycles. The van der Waals surface area contributed by atoms with Crippen LogP contribution in [-0.4, -0.2) is 14.2 Å². The van der Waals surface area contributed by atoms with Gasteiger partial charge in [0.15, 0.2) is 11.5 Å². The number of alkyl halides is 2. The van der Waals surface area contributed by atoms with Crippen molar-refractivity contribution in [2.45, 2.75) is 6.43 Å². The molecule has 1 aromatic rings. The maximum absolute atomic E-state index is 12.5. The van der Waals surface area contributed by atoms with Crippen LogP contribution in [0.3, 0.4) is 0 Å². The highest BCUT2D eigenvalue weighted by atomic mass is 79.9. The summed E-state index contributed by atoms with van der Waals surface area (Å²) in [5.74, 6) is 0.717. The molecule has 0 heterocycles. The Morgan fingerprint density at radius 2 is 1.64 bits per heavy atom. The molecule has 0 bridgehead atoms. The zero-order valence-corrected chi connectivity index (χ0v) is 9.27. The van der Waals surface area contributed by atoms with Crippen LogP contribution in [0, 0.1) is 0 Å². The zero-order chi connectivity index (χ0) is 10.7. The Balaban J connectivity index is 3.23. The van der Waals surface area contributed by atoms with Crippen LogP contribution in [0.4, 0.5) is 8.78 Å². The smallest absolute Gasteiger partial charge is 0.265 e. The van der Waals surface area contributed by atoms with E-state index >= 15 is 0 Å². The molecule has 0 radical (unpaired) electrons. The molecule has 0 aliphatic rings. The lowest BCUT2D eigenvalue weighted by atomic mass is 10.2. The van der Waals surface area contributed by atoms with Gasteiger partial charge in [-0.2, -0.15) is 0 Å². The number of hydrogen-bond donors (Lipinski definition) is 0. The molecular weight excluding hydrogens is 258 g/mol. The first-order valence-corrected chi connectivity index (χ1v) is 4.59. The predicted octanol–water partition coefficient (Wildman–Crippen LogP) is 3.40. The molecule has 0 saturated carbocycles. The number of halogens is 3. The summed E-state index contributed by atoms with van der Waals surface area (Å²) in [5.41, 5.74) is -0.109. The van der Waals surface area contributed by atoms with Crippen LogP contribution in [0.15, 0.2) is 16.6 Å². The van der Waals surface area contributed by atoms with Crippen molar-refractivity contribution < 1.29 is 18.3 Å². The summed E-state index contributed by atoms with van der Waals surface area (Å²) in [5, 5.41) is 0. The molecule has 2 nitrogen and oxygen atoms in total. The van der Waals surface area contributed by atoms with Crippen molar-refractivity contribution in [3.05, 3.63) is 22.2 Å². The number of hydrogen-bond acceptors (Lipinski definition) is 2. The van der Waals surface area contributed by atoms with Gasteiger partial charge in [-0.3, -0.25) is 0 Å². The van der Waals surface area contributed by atoms with Crippen LogP contribution in [0.2, 0.25) is 0 Å². The van der Waals surface area contributed by atoms with E-state index in [0.29, 0.717) is 16.0 Å². The monoisotopic (exact) mass is 266 g/mol. The molecule has 1 aromatic carbocycles. The average molecular weight is 267 g/mol. The molecule has 0 unspecified atom stereocenters. The van der Waals surface area contributed by atoms with Gasteiger partial charge in [0.25, 0.3) is 6.43 Å². The van der Waals surface area contributed by atoms with E-state index < -0.39 is 6.43 Å². The van der Waals surface area contributed by atoms with Gasteiger partial charge in [0.2, 0.25) is 0 Å². The number of methoxy groups -OCH3 is 2. The molecule has 0 saturated heterocycles. The maximum Gasteiger partial charge on any atom is 0.265 e. The van der Waals surface area contributed by atoms with Crippen molar-refractivity contribution in [1.82, 2.24) is 0 Å². The Hall–Kier alpha value is -0.840. The fourth-order valence-corrected chi connectivity index (χ4v) is 1.53. The quantitative estimate of drug-likeness (QED) is 0.835. The minimum Gasteiger partial charge on any atom is -0.493 e. The van der Waals surface area contributed by atoms with Crippen LogP contribution in [0.5, 0.6) is 11.5 Å². The maximum atomic E-state index is 12.5. The van der Waals surface area contributed by atoms with Crippen LogP contribution in [-0.2, 0) is 0 Å². The van der Waals surface area contributed by atoms with Crippen molar-refractivity contribution in [1.29, 1.82) is 0 Å². The second-order valence-corrected chi connectivity index (χ2v) is 3.38. The third-order valence-corrected chi connectivity index (χ3v) is 2.42. The summed E-state index contributed by atoms with van der Waals surface area (Å²) in [7, 11) is 2.85. The summed E-state index contributed by atoms with van der Waals surface area (Å²) < 4.78 is 35.1. The highest BCUT2D eigenvalue weighted by Gasteiger charge is 2.16. The summed E-state index contributed by atoms with van der Waals surface area (Å²) in [6, 6.07) is 2.72. The summed E-state index contributed by atoms with van der Waals surface area (Å²) >= 11 is 3.04. The molecule has 0 atom stereocenters. The first-order chi connectivity index (χ1) is 6.60. The van der Waals surface area contributed by atoms with Crippen molar-refractivity contribution in [2.75, 3.05) is 14.2 Å². The highest BCUT2D eigenvalue weighted by Crippen LogP contribution is 2.37. The summed E-state index contributed by atoms with van der Waals surface area (Å²) in [6.07, 6.45) is -2.54. The molecule has 0 aliphatic carbocycles. The molecule has 5 heteroatoms. The van der Waals surface area contributed by atoms with E-state index in [2.05, 4.69) is 15.9 Å². The Kier molecular flexibility index (Phi) is 3.69. The molecule has 78 valence electrons. The highest BCUT2D eigenvalue weighted by molar-refractivity contribution is 9.10.